The van der Waals surface area contributed by atoms with Gasteiger partial charge in [-0.15, -0.1) is 0 Å². The maximum absolute atomic E-state index is 12.4. The van der Waals surface area contributed by atoms with Crippen LogP contribution >= 0.6 is 15.9 Å². The summed E-state index contributed by atoms with van der Waals surface area (Å²) in [5.41, 5.74) is 1.89. The van der Waals surface area contributed by atoms with Gasteiger partial charge in [0.25, 0.3) is 5.91 Å². The summed E-state index contributed by atoms with van der Waals surface area (Å²) < 4.78 is 5.95. The lowest BCUT2D eigenvalue weighted by atomic mass is 10.1. The van der Waals surface area contributed by atoms with Crippen molar-refractivity contribution in [1.82, 2.24) is 5.32 Å². The van der Waals surface area contributed by atoms with Crippen LogP contribution in [0.2, 0.25) is 0 Å². The van der Waals surface area contributed by atoms with E-state index >= 15 is 0 Å². The van der Waals surface area contributed by atoms with Crippen LogP contribution in [-0.2, 0) is 0 Å². The molecule has 0 radical (unpaired) electrons. The van der Waals surface area contributed by atoms with Crippen molar-refractivity contribution in [2.24, 2.45) is 0 Å². The summed E-state index contributed by atoms with van der Waals surface area (Å²) in [5, 5.41) is 3.09. The van der Waals surface area contributed by atoms with Crippen molar-refractivity contribution in [3.63, 3.8) is 0 Å². The molecule has 1 N–H and O–H groups in total. The number of hydrogen-bond acceptors (Lipinski definition) is 2. The van der Waals surface area contributed by atoms with Crippen LogP contribution < -0.4 is 10.1 Å². The van der Waals surface area contributed by atoms with E-state index < -0.39 is 0 Å². The highest BCUT2D eigenvalue weighted by molar-refractivity contribution is 9.10. The average molecular weight is 346 g/mol. The predicted molar refractivity (Wildman–Crippen MR) is 85.7 cm³/mol. The fourth-order valence-corrected chi connectivity index (χ4v) is 2.90. The highest BCUT2D eigenvalue weighted by Crippen LogP contribution is 2.40. The molecule has 0 aromatic heterocycles. The lowest BCUT2D eigenvalue weighted by Crippen LogP contribution is -2.26. The van der Waals surface area contributed by atoms with Gasteiger partial charge in [-0.2, -0.15) is 0 Å². The number of carbonyl (C=O) groups is 1. The molecule has 4 heteroatoms. The molecule has 21 heavy (non-hydrogen) atoms. The molecule has 3 rings (SSSR count). The van der Waals surface area contributed by atoms with E-state index in [0.717, 1.165) is 10.9 Å². The molecular weight excluding hydrogens is 330 g/mol. The van der Waals surface area contributed by atoms with Gasteiger partial charge in [0.15, 0.2) is 0 Å². The standard InChI is InChI=1S/C17H16BrNO2/c1-21-12-7-8-15(18)14(9-12)17(20)19-16-10-13(16)11-5-3-2-4-6-11/h2-9,13,16H,10H2,1H3,(H,19,20). The number of ether oxygens (including phenoxy) is 1. The van der Waals surface area contributed by atoms with Crippen molar-refractivity contribution < 1.29 is 9.53 Å². The van der Waals surface area contributed by atoms with Crippen molar-refractivity contribution in [2.75, 3.05) is 7.11 Å². The largest absolute Gasteiger partial charge is 0.497 e. The molecule has 1 aliphatic carbocycles. The molecule has 2 aromatic rings. The fourth-order valence-electron chi connectivity index (χ4n) is 2.47. The van der Waals surface area contributed by atoms with E-state index in [4.69, 9.17) is 4.74 Å². The van der Waals surface area contributed by atoms with Gasteiger partial charge in [0.2, 0.25) is 0 Å². The number of methoxy groups -OCH3 is 1. The minimum atomic E-state index is -0.0655. The number of benzene rings is 2. The molecule has 0 saturated heterocycles. The lowest BCUT2D eigenvalue weighted by molar-refractivity contribution is 0.0949. The summed E-state index contributed by atoms with van der Waals surface area (Å²) in [4.78, 5) is 12.4. The topological polar surface area (TPSA) is 38.3 Å². The lowest BCUT2D eigenvalue weighted by Gasteiger charge is -2.08. The van der Waals surface area contributed by atoms with Gasteiger partial charge in [-0.3, -0.25) is 4.79 Å². The Morgan fingerprint density at radius 3 is 2.71 bits per heavy atom. The molecule has 1 fully saturated rings. The summed E-state index contributed by atoms with van der Waals surface area (Å²) in [6.07, 6.45) is 0.997. The van der Waals surface area contributed by atoms with E-state index in [1.54, 1.807) is 13.2 Å². The summed E-state index contributed by atoms with van der Waals surface area (Å²) in [5.74, 6) is 1.04. The first-order valence-electron chi connectivity index (χ1n) is 6.88. The zero-order chi connectivity index (χ0) is 14.8. The number of carbonyl (C=O) groups excluding carboxylic acids is 1. The van der Waals surface area contributed by atoms with Crippen molar-refractivity contribution in [2.45, 2.75) is 18.4 Å². The van der Waals surface area contributed by atoms with E-state index in [9.17, 15) is 4.79 Å². The Morgan fingerprint density at radius 1 is 1.24 bits per heavy atom. The number of halogens is 1. The SMILES string of the molecule is COc1ccc(Br)c(C(=O)NC2CC2c2ccccc2)c1. The van der Waals surface area contributed by atoms with Gasteiger partial charge >= 0.3 is 0 Å². The minimum absolute atomic E-state index is 0.0655. The van der Waals surface area contributed by atoms with E-state index in [2.05, 4.69) is 33.4 Å². The number of hydrogen-bond donors (Lipinski definition) is 1. The van der Waals surface area contributed by atoms with Crippen LogP contribution in [0, 0.1) is 0 Å². The highest BCUT2D eigenvalue weighted by Gasteiger charge is 2.39. The van der Waals surface area contributed by atoms with Crippen molar-refractivity contribution >= 4 is 21.8 Å². The molecule has 2 aromatic carbocycles. The summed E-state index contributed by atoms with van der Waals surface area (Å²) >= 11 is 3.41. The quantitative estimate of drug-likeness (QED) is 0.916. The molecule has 108 valence electrons. The zero-order valence-electron chi connectivity index (χ0n) is 11.7. The molecular formula is C17H16BrNO2. The average Bonchev–Trinajstić information content (AvgIpc) is 3.27. The first-order valence-corrected chi connectivity index (χ1v) is 7.67. The van der Waals surface area contributed by atoms with Crippen molar-refractivity contribution in [3.8, 4) is 5.75 Å². The van der Waals surface area contributed by atoms with E-state index in [-0.39, 0.29) is 11.9 Å². The zero-order valence-corrected chi connectivity index (χ0v) is 13.3. The normalized spacial score (nSPS) is 19.9. The Kier molecular flexibility index (Phi) is 3.97. The monoisotopic (exact) mass is 345 g/mol. The molecule has 2 atom stereocenters. The van der Waals surface area contributed by atoms with Crippen LogP contribution in [0.1, 0.15) is 28.3 Å². The van der Waals surface area contributed by atoms with Crippen LogP contribution in [0.25, 0.3) is 0 Å². The molecule has 2 unspecified atom stereocenters. The molecule has 0 bridgehead atoms. The van der Waals surface area contributed by atoms with E-state index in [0.29, 0.717) is 17.2 Å². The number of nitrogens with one attached hydrogen (secondary N) is 1. The molecule has 1 aliphatic rings. The van der Waals surface area contributed by atoms with Crippen molar-refractivity contribution in [1.29, 1.82) is 0 Å². The molecule has 3 nitrogen and oxygen atoms in total. The van der Waals surface area contributed by atoms with Gasteiger partial charge in [-0.1, -0.05) is 30.3 Å². The summed E-state index contributed by atoms with van der Waals surface area (Å²) in [7, 11) is 1.59. The molecule has 1 amide bonds. The minimum Gasteiger partial charge on any atom is -0.497 e. The molecule has 0 spiro atoms. The fraction of sp³-hybridized carbons (Fsp3) is 0.235. The van der Waals surface area contributed by atoms with E-state index in [1.807, 2.05) is 30.3 Å². The number of amides is 1. The van der Waals surface area contributed by atoms with Gasteiger partial charge in [-0.25, -0.2) is 0 Å². The second kappa shape index (κ2) is 5.90. The Balaban J connectivity index is 1.68. The van der Waals surface area contributed by atoms with Gasteiger partial charge in [0.05, 0.1) is 12.7 Å². The Morgan fingerprint density at radius 2 is 2.00 bits per heavy atom. The first kappa shape index (κ1) is 14.1. The molecule has 0 aliphatic heterocycles. The highest BCUT2D eigenvalue weighted by atomic mass is 79.9. The van der Waals surface area contributed by atoms with Crippen LogP contribution in [-0.4, -0.2) is 19.1 Å². The summed E-state index contributed by atoms with van der Waals surface area (Å²) in [6.45, 7) is 0. The van der Waals surface area contributed by atoms with Crippen LogP contribution in [0.4, 0.5) is 0 Å². The van der Waals surface area contributed by atoms with Crippen molar-refractivity contribution in [3.05, 3.63) is 64.1 Å². The Hall–Kier alpha value is -1.81. The molecule has 1 saturated carbocycles. The van der Waals surface area contributed by atoms with Gasteiger partial charge in [0, 0.05) is 16.4 Å². The number of rotatable bonds is 4. The maximum atomic E-state index is 12.4. The third-order valence-electron chi connectivity index (χ3n) is 3.75. The summed E-state index contributed by atoms with van der Waals surface area (Å²) in [6, 6.07) is 15.9. The smallest absolute Gasteiger partial charge is 0.252 e. The third kappa shape index (κ3) is 3.10. The van der Waals surface area contributed by atoms with Crippen LogP contribution in [0.5, 0.6) is 5.75 Å². The second-order valence-corrected chi connectivity index (χ2v) is 6.03. The Labute approximate surface area is 132 Å². The van der Waals surface area contributed by atoms with Gasteiger partial charge in [0.1, 0.15) is 5.75 Å². The molecule has 0 heterocycles. The Bertz CT molecular complexity index is 657. The van der Waals surface area contributed by atoms with Gasteiger partial charge < -0.3 is 10.1 Å². The maximum Gasteiger partial charge on any atom is 0.252 e. The third-order valence-corrected chi connectivity index (χ3v) is 4.44. The van der Waals surface area contributed by atoms with Crippen LogP contribution in [0.15, 0.2) is 53.0 Å². The van der Waals surface area contributed by atoms with Crippen LogP contribution in [0.3, 0.4) is 0 Å². The second-order valence-electron chi connectivity index (χ2n) is 5.18. The first-order chi connectivity index (χ1) is 10.2. The van der Waals surface area contributed by atoms with Gasteiger partial charge in [-0.05, 0) is 46.1 Å². The van der Waals surface area contributed by atoms with E-state index in [1.165, 1.54) is 5.56 Å². The predicted octanol–water partition coefficient (Wildman–Crippen LogP) is 3.74.